The van der Waals surface area contributed by atoms with Gasteiger partial charge in [0.1, 0.15) is 5.75 Å². The zero-order chi connectivity index (χ0) is 15.0. The SMILES string of the molecule is O=C(NCCCCCBr)c1ccc(OC(F)(F)F)cc1. The lowest BCUT2D eigenvalue weighted by Crippen LogP contribution is -2.24. The molecule has 0 saturated carbocycles. The summed E-state index contributed by atoms with van der Waals surface area (Å²) in [5, 5.41) is 3.64. The van der Waals surface area contributed by atoms with Crippen LogP contribution in [0.4, 0.5) is 13.2 Å². The predicted molar refractivity (Wildman–Crippen MR) is 73.1 cm³/mol. The predicted octanol–water partition coefficient (Wildman–Crippen LogP) is 3.88. The van der Waals surface area contributed by atoms with Gasteiger partial charge in [-0.05, 0) is 37.1 Å². The summed E-state index contributed by atoms with van der Waals surface area (Å²) < 4.78 is 39.6. The zero-order valence-corrected chi connectivity index (χ0v) is 12.3. The van der Waals surface area contributed by atoms with Gasteiger partial charge in [-0.3, -0.25) is 4.79 Å². The topological polar surface area (TPSA) is 38.3 Å². The van der Waals surface area contributed by atoms with Gasteiger partial charge in [0.05, 0.1) is 0 Å². The van der Waals surface area contributed by atoms with E-state index >= 15 is 0 Å². The molecule has 0 aliphatic rings. The summed E-state index contributed by atoms with van der Waals surface area (Å²) in [5.74, 6) is -0.645. The lowest BCUT2D eigenvalue weighted by atomic mass is 10.2. The molecule has 0 aliphatic heterocycles. The van der Waals surface area contributed by atoms with E-state index in [-0.39, 0.29) is 11.7 Å². The molecule has 7 heteroatoms. The maximum Gasteiger partial charge on any atom is 0.573 e. The molecule has 0 aromatic heterocycles. The van der Waals surface area contributed by atoms with E-state index in [2.05, 4.69) is 26.0 Å². The number of carbonyl (C=O) groups is 1. The summed E-state index contributed by atoms with van der Waals surface area (Å²) in [6, 6.07) is 4.84. The summed E-state index contributed by atoms with van der Waals surface area (Å²) in [5.41, 5.74) is 0.306. The number of nitrogens with one attached hydrogen (secondary N) is 1. The Hall–Kier alpha value is -1.24. The molecule has 1 N–H and O–H groups in total. The van der Waals surface area contributed by atoms with Gasteiger partial charge in [-0.2, -0.15) is 0 Å². The van der Waals surface area contributed by atoms with Crippen LogP contribution >= 0.6 is 15.9 Å². The maximum absolute atomic E-state index is 12.0. The summed E-state index contributed by atoms with van der Waals surface area (Å²) in [7, 11) is 0. The van der Waals surface area contributed by atoms with Crippen molar-refractivity contribution in [3.05, 3.63) is 29.8 Å². The Morgan fingerprint density at radius 3 is 2.35 bits per heavy atom. The molecule has 1 aromatic rings. The molecule has 0 spiro atoms. The van der Waals surface area contributed by atoms with Crippen molar-refractivity contribution in [3.8, 4) is 5.75 Å². The van der Waals surface area contributed by atoms with Gasteiger partial charge in [-0.25, -0.2) is 0 Å². The highest BCUT2D eigenvalue weighted by atomic mass is 79.9. The summed E-state index contributed by atoms with van der Waals surface area (Å²) in [4.78, 5) is 11.7. The van der Waals surface area contributed by atoms with E-state index in [1.54, 1.807) is 0 Å². The van der Waals surface area contributed by atoms with Crippen molar-refractivity contribution >= 4 is 21.8 Å². The Balaban J connectivity index is 2.41. The first-order valence-corrected chi connectivity index (χ1v) is 7.24. The molecular weight excluding hydrogens is 339 g/mol. The number of hydrogen-bond donors (Lipinski definition) is 1. The zero-order valence-electron chi connectivity index (χ0n) is 10.7. The summed E-state index contributed by atoms with van der Waals surface area (Å²) >= 11 is 3.32. The van der Waals surface area contributed by atoms with Gasteiger partial charge in [0.25, 0.3) is 5.91 Å². The fourth-order valence-electron chi connectivity index (χ4n) is 1.51. The average Bonchev–Trinajstić information content (AvgIpc) is 2.37. The second-order valence-electron chi connectivity index (χ2n) is 4.08. The van der Waals surface area contributed by atoms with Gasteiger partial charge in [0, 0.05) is 17.4 Å². The van der Waals surface area contributed by atoms with Crippen molar-refractivity contribution in [3.63, 3.8) is 0 Å². The molecule has 1 aromatic carbocycles. The number of amides is 1. The molecular formula is C13H15BrF3NO2. The Kier molecular flexibility index (Phi) is 6.84. The molecule has 112 valence electrons. The van der Waals surface area contributed by atoms with Crippen molar-refractivity contribution in [2.45, 2.75) is 25.6 Å². The lowest BCUT2D eigenvalue weighted by Gasteiger charge is -2.09. The molecule has 1 amide bonds. The number of unbranched alkanes of at least 4 members (excludes halogenated alkanes) is 2. The summed E-state index contributed by atoms with van der Waals surface area (Å²) in [6.07, 6.45) is -1.81. The normalized spacial score (nSPS) is 11.2. The minimum Gasteiger partial charge on any atom is -0.406 e. The monoisotopic (exact) mass is 353 g/mol. The Morgan fingerprint density at radius 2 is 1.80 bits per heavy atom. The van der Waals surface area contributed by atoms with Crippen LogP contribution < -0.4 is 10.1 Å². The van der Waals surface area contributed by atoms with E-state index in [9.17, 15) is 18.0 Å². The van der Waals surface area contributed by atoms with E-state index in [1.165, 1.54) is 12.1 Å². The van der Waals surface area contributed by atoms with E-state index in [1.807, 2.05) is 0 Å². The molecule has 0 unspecified atom stereocenters. The number of hydrogen-bond acceptors (Lipinski definition) is 2. The van der Waals surface area contributed by atoms with E-state index in [4.69, 9.17) is 0 Å². The third-order valence-electron chi connectivity index (χ3n) is 2.45. The van der Waals surface area contributed by atoms with Gasteiger partial charge in [-0.15, -0.1) is 13.2 Å². The van der Waals surface area contributed by atoms with Crippen LogP contribution in [0.5, 0.6) is 5.75 Å². The Bertz CT molecular complexity index is 421. The van der Waals surface area contributed by atoms with Crippen LogP contribution in [0.15, 0.2) is 24.3 Å². The first kappa shape index (κ1) is 16.8. The van der Waals surface area contributed by atoms with E-state index in [0.29, 0.717) is 12.1 Å². The molecule has 3 nitrogen and oxygen atoms in total. The average molecular weight is 354 g/mol. The van der Waals surface area contributed by atoms with Gasteiger partial charge >= 0.3 is 6.36 Å². The van der Waals surface area contributed by atoms with Crippen LogP contribution in [0.2, 0.25) is 0 Å². The third-order valence-corrected chi connectivity index (χ3v) is 3.01. The molecule has 0 bridgehead atoms. The highest BCUT2D eigenvalue weighted by molar-refractivity contribution is 9.09. The molecule has 0 fully saturated rings. The fourth-order valence-corrected chi connectivity index (χ4v) is 1.90. The molecule has 0 radical (unpaired) electrons. The van der Waals surface area contributed by atoms with Gasteiger partial charge in [0.2, 0.25) is 0 Å². The quantitative estimate of drug-likeness (QED) is 0.596. The van der Waals surface area contributed by atoms with Crippen molar-refractivity contribution in [2.24, 2.45) is 0 Å². The molecule has 0 atom stereocenters. The van der Waals surface area contributed by atoms with E-state index < -0.39 is 6.36 Å². The van der Waals surface area contributed by atoms with Crippen LogP contribution in [-0.4, -0.2) is 24.1 Å². The minimum atomic E-state index is -4.72. The fraction of sp³-hybridized carbons (Fsp3) is 0.462. The molecule has 0 aliphatic carbocycles. The molecule has 0 heterocycles. The van der Waals surface area contributed by atoms with Gasteiger partial charge < -0.3 is 10.1 Å². The van der Waals surface area contributed by atoms with Crippen molar-refractivity contribution in [2.75, 3.05) is 11.9 Å². The van der Waals surface area contributed by atoms with Crippen LogP contribution in [0.1, 0.15) is 29.6 Å². The molecule has 20 heavy (non-hydrogen) atoms. The highest BCUT2D eigenvalue weighted by Crippen LogP contribution is 2.22. The Morgan fingerprint density at radius 1 is 1.15 bits per heavy atom. The van der Waals surface area contributed by atoms with Crippen LogP contribution in [0.3, 0.4) is 0 Å². The second kappa shape index (κ2) is 8.14. The van der Waals surface area contributed by atoms with Crippen LogP contribution in [0.25, 0.3) is 0 Å². The second-order valence-corrected chi connectivity index (χ2v) is 4.87. The summed E-state index contributed by atoms with van der Waals surface area (Å²) in [6.45, 7) is 0.548. The maximum atomic E-state index is 12.0. The third kappa shape index (κ3) is 6.79. The van der Waals surface area contributed by atoms with Crippen LogP contribution in [-0.2, 0) is 0 Å². The van der Waals surface area contributed by atoms with Crippen molar-refractivity contribution in [1.29, 1.82) is 0 Å². The van der Waals surface area contributed by atoms with Gasteiger partial charge in [0.15, 0.2) is 0 Å². The number of ether oxygens (including phenoxy) is 1. The standard InChI is InChI=1S/C13H15BrF3NO2/c14-8-2-1-3-9-18-12(19)10-4-6-11(7-5-10)20-13(15,16)17/h4-7H,1-3,8-9H2,(H,18,19). The lowest BCUT2D eigenvalue weighted by molar-refractivity contribution is -0.274. The smallest absolute Gasteiger partial charge is 0.406 e. The molecule has 0 saturated heterocycles. The number of rotatable bonds is 7. The Labute approximate surface area is 123 Å². The van der Waals surface area contributed by atoms with Crippen LogP contribution in [0, 0.1) is 0 Å². The number of halogens is 4. The van der Waals surface area contributed by atoms with Gasteiger partial charge in [-0.1, -0.05) is 22.4 Å². The number of alkyl halides is 4. The highest BCUT2D eigenvalue weighted by Gasteiger charge is 2.31. The molecule has 1 rings (SSSR count). The van der Waals surface area contributed by atoms with E-state index in [0.717, 1.165) is 36.7 Å². The minimum absolute atomic E-state index is 0.303. The number of carbonyl (C=O) groups excluding carboxylic acids is 1. The first-order chi connectivity index (χ1) is 9.42. The number of benzene rings is 1. The largest absolute Gasteiger partial charge is 0.573 e. The first-order valence-electron chi connectivity index (χ1n) is 6.12. The van der Waals surface area contributed by atoms with Crippen molar-refractivity contribution < 1.29 is 22.7 Å². The van der Waals surface area contributed by atoms with Crippen molar-refractivity contribution in [1.82, 2.24) is 5.32 Å².